The number of ether oxygens (including phenoxy) is 1. The molecule has 1 atom stereocenters. The van der Waals surface area contributed by atoms with Gasteiger partial charge < -0.3 is 15.0 Å². The van der Waals surface area contributed by atoms with Crippen molar-refractivity contribution in [2.24, 2.45) is 5.73 Å². The Balaban J connectivity index is 2.10. The number of nitrogens with zero attached hydrogens (tertiary/aromatic N) is 2. The fourth-order valence-corrected chi connectivity index (χ4v) is 1.79. The molecule has 1 aromatic carbocycles. The molecule has 0 radical (unpaired) electrons. The zero-order valence-corrected chi connectivity index (χ0v) is 10.7. The van der Waals surface area contributed by atoms with Gasteiger partial charge in [0.2, 0.25) is 12.2 Å². The van der Waals surface area contributed by atoms with E-state index in [-0.39, 0.29) is 12.6 Å². The van der Waals surface area contributed by atoms with Crippen molar-refractivity contribution in [3.63, 3.8) is 0 Å². The molecule has 0 fully saturated rings. The zero-order valence-electron chi connectivity index (χ0n) is 9.97. The topological polar surface area (TPSA) is 74.2 Å². The summed E-state index contributed by atoms with van der Waals surface area (Å²) in [4.78, 5) is 3.89. The standard InChI is InChI=1S/C12H14ClN3O2/c1-8(14)4-9-5-10(13)2-3-11(9)17-6-12-15-7-18-16-12/h2-3,5,7-8H,4,6,14H2,1H3. The third-order valence-electron chi connectivity index (χ3n) is 2.33. The predicted molar refractivity (Wildman–Crippen MR) is 67.4 cm³/mol. The van der Waals surface area contributed by atoms with Crippen molar-refractivity contribution >= 4 is 11.6 Å². The molecule has 0 aliphatic rings. The van der Waals surface area contributed by atoms with Gasteiger partial charge in [-0.15, -0.1) is 0 Å². The molecule has 0 bridgehead atoms. The molecule has 0 spiro atoms. The average molecular weight is 268 g/mol. The first-order valence-corrected chi connectivity index (χ1v) is 5.95. The van der Waals surface area contributed by atoms with Crippen molar-refractivity contribution in [2.45, 2.75) is 26.0 Å². The van der Waals surface area contributed by atoms with Crippen molar-refractivity contribution in [3.05, 3.63) is 41.0 Å². The molecule has 2 aromatic rings. The number of hydrogen-bond donors (Lipinski definition) is 1. The lowest BCUT2D eigenvalue weighted by atomic mass is 10.1. The highest BCUT2D eigenvalue weighted by Gasteiger charge is 2.08. The Labute approximate surface area is 110 Å². The number of nitrogens with two attached hydrogens (primary N) is 1. The van der Waals surface area contributed by atoms with Crippen LogP contribution in [0, 0.1) is 0 Å². The van der Waals surface area contributed by atoms with Gasteiger partial charge in [0.1, 0.15) is 5.75 Å². The zero-order chi connectivity index (χ0) is 13.0. The lowest BCUT2D eigenvalue weighted by Crippen LogP contribution is -2.18. The van der Waals surface area contributed by atoms with Crippen LogP contribution in [0.25, 0.3) is 0 Å². The highest BCUT2D eigenvalue weighted by molar-refractivity contribution is 6.30. The molecule has 1 unspecified atom stereocenters. The maximum absolute atomic E-state index is 5.96. The van der Waals surface area contributed by atoms with E-state index in [1.54, 1.807) is 6.07 Å². The van der Waals surface area contributed by atoms with Crippen molar-refractivity contribution in [1.29, 1.82) is 0 Å². The van der Waals surface area contributed by atoms with Crippen molar-refractivity contribution in [2.75, 3.05) is 0 Å². The molecule has 0 saturated carbocycles. The van der Waals surface area contributed by atoms with Crippen LogP contribution < -0.4 is 10.5 Å². The lowest BCUT2D eigenvalue weighted by Gasteiger charge is -2.12. The minimum Gasteiger partial charge on any atom is -0.485 e. The second-order valence-electron chi connectivity index (χ2n) is 4.07. The predicted octanol–water partition coefficient (Wildman–Crippen LogP) is 2.19. The molecule has 0 amide bonds. The van der Waals surface area contributed by atoms with E-state index in [0.717, 1.165) is 11.3 Å². The molecule has 96 valence electrons. The van der Waals surface area contributed by atoms with E-state index >= 15 is 0 Å². The van der Waals surface area contributed by atoms with E-state index in [4.69, 9.17) is 22.1 Å². The van der Waals surface area contributed by atoms with E-state index < -0.39 is 0 Å². The average Bonchev–Trinajstić information content (AvgIpc) is 2.80. The second kappa shape index (κ2) is 5.84. The molecule has 5 nitrogen and oxygen atoms in total. The van der Waals surface area contributed by atoms with Gasteiger partial charge in [0.15, 0.2) is 6.61 Å². The van der Waals surface area contributed by atoms with E-state index in [0.29, 0.717) is 17.3 Å². The van der Waals surface area contributed by atoms with Gasteiger partial charge >= 0.3 is 0 Å². The van der Waals surface area contributed by atoms with Crippen LogP contribution >= 0.6 is 11.6 Å². The first-order valence-electron chi connectivity index (χ1n) is 5.57. The summed E-state index contributed by atoms with van der Waals surface area (Å²) < 4.78 is 10.3. The summed E-state index contributed by atoms with van der Waals surface area (Å²) in [6.45, 7) is 2.19. The van der Waals surface area contributed by atoms with Gasteiger partial charge in [-0.05, 0) is 37.1 Å². The van der Waals surface area contributed by atoms with E-state index in [1.807, 2.05) is 19.1 Å². The van der Waals surface area contributed by atoms with Crippen LogP contribution in [0.2, 0.25) is 5.02 Å². The summed E-state index contributed by atoms with van der Waals surface area (Å²) in [5.74, 6) is 1.23. The van der Waals surface area contributed by atoms with Crippen molar-refractivity contribution in [3.8, 4) is 5.75 Å². The Hall–Kier alpha value is -1.59. The number of benzene rings is 1. The first-order chi connectivity index (χ1) is 8.65. The smallest absolute Gasteiger partial charge is 0.213 e. The first kappa shape index (κ1) is 12.9. The summed E-state index contributed by atoms with van der Waals surface area (Å²) in [6.07, 6.45) is 1.96. The maximum Gasteiger partial charge on any atom is 0.213 e. The van der Waals surface area contributed by atoms with Gasteiger partial charge in [-0.2, -0.15) is 4.98 Å². The highest BCUT2D eigenvalue weighted by atomic mass is 35.5. The molecule has 18 heavy (non-hydrogen) atoms. The molecule has 1 aromatic heterocycles. The highest BCUT2D eigenvalue weighted by Crippen LogP contribution is 2.24. The van der Waals surface area contributed by atoms with Crippen LogP contribution in [-0.4, -0.2) is 16.2 Å². The minimum absolute atomic E-state index is 0.0380. The summed E-state index contributed by atoms with van der Waals surface area (Å²) in [6, 6.07) is 5.49. The van der Waals surface area contributed by atoms with Gasteiger partial charge in [0, 0.05) is 11.1 Å². The number of aromatic nitrogens is 2. The molecular formula is C12H14ClN3O2. The molecule has 0 aliphatic carbocycles. The van der Waals surface area contributed by atoms with Crippen LogP contribution in [0.5, 0.6) is 5.75 Å². The van der Waals surface area contributed by atoms with Gasteiger partial charge in [-0.3, -0.25) is 0 Å². The summed E-state index contributed by atoms with van der Waals surface area (Å²) in [5, 5.41) is 4.34. The Morgan fingerprint density at radius 2 is 2.33 bits per heavy atom. The molecule has 0 aliphatic heterocycles. The third-order valence-corrected chi connectivity index (χ3v) is 2.56. The number of hydrogen-bond acceptors (Lipinski definition) is 5. The van der Waals surface area contributed by atoms with Crippen LogP contribution in [0.3, 0.4) is 0 Å². The Bertz CT molecular complexity index is 500. The quantitative estimate of drug-likeness (QED) is 0.899. The Kier molecular flexibility index (Phi) is 4.17. The van der Waals surface area contributed by atoms with E-state index in [9.17, 15) is 0 Å². The van der Waals surface area contributed by atoms with Crippen molar-refractivity contribution in [1.82, 2.24) is 10.1 Å². The van der Waals surface area contributed by atoms with Crippen LogP contribution in [0.15, 0.2) is 29.1 Å². The van der Waals surface area contributed by atoms with Crippen LogP contribution in [-0.2, 0) is 13.0 Å². The largest absolute Gasteiger partial charge is 0.485 e. The fourth-order valence-electron chi connectivity index (χ4n) is 1.59. The molecule has 6 heteroatoms. The van der Waals surface area contributed by atoms with E-state index in [2.05, 4.69) is 14.7 Å². The number of halogens is 1. The van der Waals surface area contributed by atoms with Gasteiger partial charge in [-0.1, -0.05) is 16.8 Å². The summed E-state index contributed by atoms with van der Waals surface area (Å²) in [5.41, 5.74) is 6.77. The SMILES string of the molecule is CC(N)Cc1cc(Cl)ccc1OCc1ncon1. The maximum atomic E-state index is 5.96. The van der Waals surface area contributed by atoms with Gasteiger partial charge in [0.25, 0.3) is 0 Å². The normalized spacial score (nSPS) is 12.4. The summed E-state index contributed by atoms with van der Waals surface area (Å²) >= 11 is 5.96. The number of rotatable bonds is 5. The molecule has 1 heterocycles. The van der Waals surface area contributed by atoms with Gasteiger partial charge in [0.05, 0.1) is 0 Å². The summed E-state index contributed by atoms with van der Waals surface area (Å²) in [7, 11) is 0. The fraction of sp³-hybridized carbons (Fsp3) is 0.333. The monoisotopic (exact) mass is 267 g/mol. The Morgan fingerprint density at radius 3 is 3.00 bits per heavy atom. The second-order valence-corrected chi connectivity index (χ2v) is 4.51. The van der Waals surface area contributed by atoms with Gasteiger partial charge in [-0.25, -0.2) is 0 Å². The van der Waals surface area contributed by atoms with Crippen LogP contribution in [0.4, 0.5) is 0 Å². The molecular weight excluding hydrogens is 254 g/mol. The third kappa shape index (κ3) is 3.45. The minimum atomic E-state index is 0.0380. The molecule has 2 rings (SSSR count). The van der Waals surface area contributed by atoms with Crippen LogP contribution in [0.1, 0.15) is 18.3 Å². The van der Waals surface area contributed by atoms with Crippen molar-refractivity contribution < 1.29 is 9.26 Å². The Morgan fingerprint density at radius 1 is 1.50 bits per heavy atom. The van der Waals surface area contributed by atoms with E-state index in [1.165, 1.54) is 6.39 Å². The molecule has 0 saturated heterocycles. The molecule has 2 N–H and O–H groups in total. The lowest BCUT2D eigenvalue weighted by molar-refractivity contribution is 0.283.